The molecule has 1 saturated heterocycles. The summed E-state index contributed by atoms with van der Waals surface area (Å²) in [6, 6.07) is 0. The van der Waals surface area contributed by atoms with Crippen LogP contribution in [0.2, 0.25) is 0 Å². The lowest BCUT2D eigenvalue weighted by atomic mass is 9.97. The van der Waals surface area contributed by atoms with Crippen LogP contribution in [0.1, 0.15) is 0 Å². The maximum atomic E-state index is 13.5. The molecular formula is C10H6ClF8IO2. The topological polar surface area (TPSA) is 26.3 Å². The van der Waals surface area contributed by atoms with Crippen molar-refractivity contribution in [3.8, 4) is 0 Å². The van der Waals surface area contributed by atoms with E-state index in [1.165, 1.54) is 0 Å². The quantitative estimate of drug-likeness (QED) is 0.197. The zero-order chi connectivity index (χ0) is 17.6. The molecule has 1 fully saturated rings. The molecule has 0 spiro atoms. The number of halogens is 10. The summed E-state index contributed by atoms with van der Waals surface area (Å²) in [4.78, 5) is 11.2. The van der Waals surface area contributed by atoms with Crippen molar-refractivity contribution in [1.82, 2.24) is 0 Å². The molecular weight excluding hydrogens is 466 g/mol. The van der Waals surface area contributed by atoms with Gasteiger partial charge in [0.25, 0.3) is 0 Å². The number of ether oxygens (including phenoxy) is 1. The van der Waals surface area contributed by atoms with E-state index >= 15 is 0 Å². The average Bonchev–Trinajstić information content (AvgIpc) is 2.68. The number of cyclic esters (lactones) is 1. The lowest BCUT2D eigenvalue weighted by Gasteiger charge is -2.33. The third-order valence-electron chi connectivity index (χ3n) is 2.78. The van der Waals surface area contributed by atoms with Crippen LogP contribution in [-0.4, -0.2) is 40.2 Å². The van der Waals surface area contributed by atoms with Crippen molar-refractivity contribution in [2.75, 3.05) is 11.0 Å². The minimum atomic E-state index is -6.55. The SMILES string of the molecule is O=C1OCC(CI)/C1=C/C(F)(F)C(F)(F)C(F)(F)C(F)(F)Cl. The van der Waals surface area contributed by atoms with Gasteiger partial charge in [-0.15, -0.1) is 0 Å². The molecule has 0 amide bonds. The Labute approximate surface area is 136 Å². The zero-order valence-corrected chi connectivity index (χ0v) is 13.1. The average molecular weight is 472 g/mol. The molecule has 0 bridgehead atoms. The second-order valence-corrected chi connectivity index (χ2v) is 5.67. The number of carbonyl (C=O) groups excluding carboxylic acids is 1. The highest BCUT2D eigenvalue weighted by molar-refractivity contribution is 14.1. The first-order chi connectivity index (χ1) is 9.69. The minimum Gasteiger partial charge on any atom is -0.462 e. The minimum absolute atomic E-state index is 0.0148. The first kappa shape index (κ1) is 19.7. The van der Waals surface area contributed by atoms with E-state index in [0.717, 1.165) is 0 Å². The molecule has 1 aliphatic heterocycles. The first-order valence-corrected chi connectivity index (χ1v) is 7.25. The van der Waals surface area contributed by atoms with E-state index in [1.807, 2.05) is 0 Å². The van der Waals surface area contributed by atoms with Crippen LogP contribution in [0.25, 0.3) is 0 Å². The van der Waals surface area contributed by atoms with Gasteiger partial charge >= 0.3 is 29.1 Å². The Hall–Kier alpha value is -0.330. The van der Waals surface area contributed by atoms with Crippen LogP contribution in [0.15, 0.2) is 11.6 Å². The van der Waals surface area contributed by atoms with Gasteiger partial charge in [-0.3, -0.25) is 0 Å². The highest BCUT2D eigenvalue weighted by Crippen LogP contribution is 2.54. The van der Waals surface area contributed by atoms with Gasteiger partial charge in [-0.2, -0.15) is 35.1 Å². The van der Waals surface area contributed by atoms with E-state index in [2.05, 4.69) is 16.3 Å². The van der Waals surface area contributed by atoms with E-state index in [-0.39, 0.29) is 4.43 Å². The Morgan fingerprint density at radius 1 is 1.14 bits per heavy atom. The van der Waals surface area contributed by atoms with Crippen LogP contribution in [0, 0.1) is 5.92 Å². The molecule has 0 saturated carbocycles. The Morgan fingerprint density at radius 2 is 1.64 bits per heavy atom. The predicted molar refractivity (Wildman–Crippen MR) is 67.1 cm³/mol. The maximum absolute atomic E-state index is 13.5. The summed E-state index contributed by atoms with van der Waals surface area (Å²) in [5.74, 6) is -21.3. The van der Waals surface area contributed by atoms with E-state index in [9.17, 15) is 39.9 Å². The molecule has 12 heteroatoms. The number of carbonyl (C=O) groups is 1. The van der Waals surface area contributed by atoms with Crippen molar-refractivity contribution in [2.24, 2.45) is 5.92 Å². The first-order valence-electron chi connectivity index (χ1n) is 5.35. The van der Waals surface area contributed by atoms with E-state index in [4.69, 9.17) is 0 Å². The van der Waals surface area contributed by atoms with Gasteiger partial charge in [0.15, 0.2) is 0 Å². The highest BCUT2D eigenvalue weighted by atomic mass is 127. The maximum Gasteiger partial charge on any atom is 0.393 e. The van der Waals surface area contributed by atoms with Crippen molar-refractivity contribution in [1.29, 1.82) is 0 Å². The van der Waals surface area contributed by atoms with Crippen molar-refractivity contribution < 1.29 is 44.7 Å². The van der Waals surface area contributed by atoms with Gasteiger partial charge in [-0.05, 0) is 11.6 Å². The molecule has 1 rings (SSSR count). The Balaban J connectivity index is 3.30. The van der Waals surface area contributed by atoms with Crippen molar-refractivity contribution in [2.45, 2.75) is 23.1 Å². The van der Waals surface area contributed by atoms with Crippen LogP contribution in [0.5, 0.6) is 0 Å². The van der Waals surface area contributed by atoms with Crippen LogP contribution < -0.4 is 0 Å². The Kier molecular flexibility index (Phi) is 5.33. The van der Waals surface area contributed by atoms with E-state index in [0.29, 0.717) is 0 Å². The van der Waals surface area contributed by atoms with Crippen molar-refractivity contribution >= 4 is 40.2 Å². The lowest BCUT2D eigenvalue weighted by molar-refractivity contribution is -0.335. The molecule has 0 aromatic heterocycles. The molecule has 128 valence electrons. The fraction of sp³-hybridized carbons (Fsp3) is 0.700. The normalized spacial score (nSPS) is 23.1. The molecule has 0 aromatic carbocycles. The molecule has 22 heavy (non-hydrogen) atoms. The Morgan fingerprint density at radius 3 is 2.05 bits per heavy atom. The number of alkyl halides is 10. The molecule has 0 aromatic rings. The summed E-state index contributed by atoms with van der Waals surface area (Å²) in [7, 11) is 0. The summed E-state index contributed by atoms with van der Waals surface area (Å²) in [6.45, 7) is -0.405. The smallest absolute Gasteiger partial charge is 0.393 e. The third kappa shape index (κ3) is 3.15. The van der Waals surface area contributed by atoms with Crippen LogP contribution in [0.3, 0.4) is 0 Å². The van der Waals surface area contributed by atoms with Crippen molar-refractivity contribution in [3.05, 3.63) is 11.6 Å². The number of hydrogen-bond donors (Lipinski definition) is 0. The summed E-state index contributed by atoms with van der Waals surface area (Å²) in [5, 5.41) is -5.92. The predicted octanol–water partition coefficient (Wildman–Crippen LogP) is 4.26. The molecule has 1 aliphatic rings. The van der Waals surface area contributed by atoms with Gasteiger partial charge in [0.2, 0.25) is 0 Å². The summed E-state index contributed by atoms with van der Waals surface area (Å²) >= 11 is 5.43. The lowest BCUT2D eigenvalue weighted by Crippen LogP contribution is -2.60. The highest BCUT2D eigenvalue weighted by Gasteiger charge is 2.80. The third-order valence-corrected chi connectivity index (χ3v) is 4.08. The zero-order valence-electron chi connectivity index (χ0n) is 10.2. The summed E-state index contributed by atoms with van der Waals surface area (Å²) in [6.07, 6.45) is -0.762. The molecule has 0 aliphatic carbocycles. The van der Waals surface area contributed by atoms with Gasteiger partial charge in [0.05, 0.1) is 6.61 Å². The fourth-order valence-electron chi connectivity index (χ4n) is 1.49. The van der Waals surface area contributed by atoms with Crippen LogP contribution >= 0.6 is 34.2 Å². The number of esters is 1. The molecule has 2 nitrogen and oxygen atoms in total. The largest absolute Gasteiger partial charge is 0.462 e. The second kappa shape index (κ2) is 5.95. The summed E-state index contributed by atoms with van der Waals surface area (Å²) in [5.41, 5.74) is -0.979. The van der Waals surface area contributed by atoms with Crippen molar-refractivity contribution in [3.63, 3.8) is 0 Å². The van der Waals surface area contributed by atoms with E-state index in [1.54, 1.807) is 22.6 Å². The number of hydrogen-bond acceptors (Lipinski definition) is 2. The van der Waals surface area contributed by atoms with Gasteiger partial charge in [0, 0.05) is 22.0 Å². The van der Waals surface area contributed by atoms with E-state index < -0.39 is 53.3 Å². The van der Waals surface area contributed by atoms with Gasteiger partial charge in [-0.1, -0.05) is 22.6 Å². The molecule has 0 radical (unpaired) electrons. The standard InChI is InChI=1S/C10H6ClF8IO2/c11-10(18,19)9(16,17)8(14,15)7(12,13)1-5-4(2-20)3-22-6(5)21/h1,4H,2-3H2/b5-1-. The molecule has 1 unspecified atom stereocenters. The van der Waals surface area contributed by atoms with Crippen LogP contribution in [0.4, 0.5) is 35.1 Å². The monoisotopic (exact) mass is 472 g/mol. The van der Waals surface area contributed by atoms with Gasteiger partial charge in [0.1, 0.15) is 0 Å². The fourth-order valence-corrected chi connectivity index (χ4v) is 2.34. The van der Waals surface area contributed by atoms with Gasteiger partial charge in [-0.25, -0.2) is 4.79 Å². The number of allylic oxidation sites excluding steroid dienone is 1. The van der Waals surface area contributed by atoms with Crippen LogP contribution in [-0.2, 0) is 9.53 Å². The Bertz CT molecular complexity index is 488. The number of rotatable bonds is 5. The molecule has 1 heterocycles. The molecule has 1 atom stereocenters. The molecule has 0 N–H and O–H groups in total. The summed E-state index contributed by atoms with van der Waals surface area (Å²) < 4.78 is 108. The second-order valence-electron chi connectivity index (χ2n) is 4.32. The van der Waals surface area contributed by atoms with Gasteiger partial charge < -0.3 is 4.74 Å².